The molecule has 1 N–H and O–H groups in total. The predicted molar refractivity (Wildman–Crippen MR) is 155 cm³/mol. The number of Topliss-reactive ketones (excluding diaryl/α,β-unsaturated/α-hetero) is 1. The molecule has 2 aromatic rings. The highest BCUT2D eigenvalue weighted by Crippen LogP contribution is 2.54. The zero-order valence-corrected chi connectivity index (χ0v) is 22.9. The van der Waals surface area contributed by atoms with Gasteiger partial charge in [0.05, 0.1) is 22.6 Å². The van der Waals surface area contributed by atoms with E-state index in [2.05, 4.69) is 40.9 Å². The minimum absolute atomic E-state index is 0.0764. The van der Waals surface area contributed by atoms with Crippen LogP contribution < -0.4 is 19.9 Å². The van der Waals surface area contributed by atoms with Crippen LogP contribution in [0.2, 0.25) is 0 Å². The van der Waals surface area contributed by atoms with E-state index in [1.54, 1.807) is 18.5 Å². The highest BCUT2D eigenvalue weighted by Gasteiger charge is 2.33. The Balaban J connectivity index is 1.87. The molecule has 1 fully saturated rings. The van der Waals surface area contributed by atoms with E-state index in [1.807, 2.05) is 43.0 Å². The van der Waals surface area contributed by atoms with Crippen molar-refractivity contribution in [2.24, 2.45) is 10.9 Å². The summed E-state index contributed by atoms with van der Waals surface area (Å²) in [6.45, 7) is 13.0. The molecule has 0 saturated carbocycles. The first-order valence-electron chi connectivity index (χ1n) is 13.0. The Morgan fingerprint density at radius 1 is 1.18 bits per heavy atom. The highest BCUT2D eigenvalue weighted by molar-refractivity contribution is 6.18. The third-order valence-electron chi connectivity index (χ3n) is 7.08. The first-order valence-corrected chi connectivity index (χ1v) is 13.0. The number of ketones is 1. The second-order valence-electron chi connectivity index (χ2n) is 9.67. The van der Waals surface area contributed by atoms with Crippen LogP contribution in [0.1, 0.15) is 37.8 Å². The lowest BCUT2D eigenvalue weighted by Gasteiger charge is -2.40. The van der Waals surface area contributed by atoms with E-state index < -0.39 is 5.91 Å². The van der Waals surface area contributed by atoms with E-state index in [1.165, 1.54) is 14.0 Å². The number of carbonyl (C=O) groups is 2. The van der Waals surface area contributed by atoms with Crippen molar-refractivity contribution in [2.75, 3.05) is 29.9 Å². The average Bonchev–Trinajstić information content (AvgIpc) is 2.91. The van der Waals surface area contributed by atoms with E-state index >= 15 is 0 Å². The summed E-state index contributed by atoms with van der Waals surface area (Å²) in [5, 5.41) is 2.59. The number of likely N-dealkylation sites (N-methyl/N-ethyl adjacent to an activating group) is 1. The topological polar surface area (TPSA) is 74.2 Å². The summed E-state index contributed by atoms with van der Waals surface area (Å²) < 4.78 is 6.61. The van der Waals surface area contributed by atoms with Crippen molar-refractivity contribution in [3.05, 3.63) is 77.7 Å². The van der Waals surface area contributed by atoms with Gasteiger partial charge in [0.2, 0.25) is 0 Å². The molecule has 38 heavy (non-hydrogen) atoms. The standard InChI is InChI=1S/C31H36N4O3/c1-7-15-33-25(8-2)23-12-11-16-34(18-23)28-20(3)17-21(4)29-30(28)38-27-14-10-9-13-26(27)35(29)19-24(22(5)36)31(37)32-6/h7-10,13-15,17,19,23H,1,11-12,16,18H2,2-6H3,(H,32,37)/b24-19+,25-8-,33-15?. The molecular weight excluding hydrogens is 476 g/mol. The average molecular weight is 513 g/mol. The van der Waals surface area contributed by atoms with Gasteiger partial charge in [-0.15, -0.1) is 0 Å². The summed E-state index contributed by atoms with van der Waals surface area (Å²) in [7, 11) is 1.53. The van der Waals surface area contributed by atoms with Crippen molar-refractivity contribution in [1.29, 1.82) is 0 Å². The van der Waals surface area contributed by atoms with Gasteiger partial charge in [0.15, 0.2) is 17.3 Å². The number of rotatable bonds is 7. The minimum Gasteiger partial charge on any atom is -0.451 e. The van der Waals surface area contributed by atoms with Gasteiger partial charge in [-0.25, -0.2) is 0 Å². The van der Waals surface area contributed by atoms with Crippen LogP contribution in [0, 0.1) is 19.8 Å². The molecule has 4 rings (SSSR count). The molecule has 1 atom stereocenters. The number of aryl methyl sites for hydroxylation is 2. The van der Waals surface area contributed by atoms with Crippen molar-refractivity contribution in [3.63, 3.8) is 0 Å². The van der Waals surface area contributed by atoms with E-state index in [9.17, 15) is 9.59 Å². The largest absolute Gasteiger partial charge is 0.451 e. The van der Waals surface area contributed by atoms with E-state index in [0.717, 1.165) is 65.6 Å². The first-order chi connectivity index (χ1) is 18.3. The SMILES string of the molecule is C=CC=N/C(=C\C)C1CCCN(c2c(C)cc(C)c3c2Oc2ccccc2N3/C=C(\C(C)=O)C(=O)NC)C1. The lowest BCUT2D eigenvalue weighted by atomic mass is 9.92. The molecule has 2 aliphatic rings. The molecule has 2 aromatic carbocycles. The van der Waals surface area contributed by atoms with Crippen molar-refractivity contribution >= 4 is 35.0 Å². The number of amides is 1. The number of hydrogen-bond donors (Lipinski definition) is 1. The van der Waals surface area contributed by atoms with Crippen LogP contribution >= 0.6 is 0 Å². The minimum atomic E-state index is -0.425. The summed E-state index contributed by atoms with van der Waals surface area (Å²) >= 11 is 0. The van der Waals surface area contributed by atoms with Gasteiger partial charge in [0.1, 0.15) is 0 Å². The van der Waals surface area contributed by atoms with Gasteiger partial charge in [-0.05, 0) is 63.8 Å². The maximum Gasteiger partial charge on any atom is 0.256 e. The van der Waals surface area contributed by atoms with Gasteiger partial charge >= 0.3 is 0 Å². The second kappa shape index (κ2) is 11.5. The third-order valence-corrected chi connectivity index (χ3v) is 7.08. The number of anilines is 3. The van der Waals surface area contributed by atoms with Crippen molar-refractivity contribution in [2.45, 2.75) is 40.5 Å². The fraction of sp³-hybridized carbons (Fsp3) is 0.323. The predicted octanol–water partition coefficient (Wildman–Crippen LogP) is 6.14. The fourth-order valence-corrected chi connectivity index (χ4v) is 5.38. The van der Waals surface area contributed by atoms with E-state index in [-0.39, 0.29) is 17.3 Å². The van der Waals surface area contributed by atoms with Gasteiger partial charge < -0.3 is 19.9 Å². The Morgan fingerprint density at radius 3 is 2.61 bits per heavy atom. The molecule has 1 amide bonds. The Morgan fingerprint density at radius 2 is 1.92 bits per heavy atom. The molecule has 2 aliphatic heterocycles. The molecule has 7 heteroatoms. The number of carbonyl (C=O) groups excluding carboxylic acids is 2. The van der Waals surface area contributed by atoms with Crippen LogP contribution in [0.4, 0.5) is 17.1 Å². The number of nitrogens with one attached hydrogen (secondary N) is 1. The normalized spacial score (nSPS) is 17.6. The molecule has 0 radical (unpaired) electrons. The number of nitrogens with zero attached hydrogens (tertiary/aromatic N) is 3. The van der Waals surface area contributed by atoms with Crippen LogP contribution in [-0.2, 0) is 9.59 Å². The molecule has 1 unspecified atom stereocenters. The van der Waals surface area contributed by atoms with Gasteiger partial charge in [-0.3, -0.25) is 14.6 Å². The molecule has 7 nitrogen and oxygen atoms in total. The van der Waals surface area contributed by atoms with E-state index in [0.29, 0.717) is 5.75 Å². The Labute approximate surface area is 225 Å². The van der Waals surface area contributed by atoms with Crippen LogP contribution in [0.25, 0.3) is 0 Å². The number of hydrogen-bond acceptors (Lipinski definition) is 6. The Kier molecular flexibility index (Phi) is 8.15. The maximum atomic E-state index is 12.6. The number of para-hydroxylation sites is 2. The number of fused-ring (bicyclic) bond motifs is 2. The number of piperidine rings is 1. The van der Waals surface area contributed by atoms with E-state index in [4.69, 9.17) is 4.74 Å². The summed E-state index contributed by atoms with van der Waals surface area (Å²) in [5.74, 6) is 0.949. The van der Waals surface area contributed by atoms with Crippen LogP contribution in [0.5, 0.6) is 11.5 Å². The number of allylic oxidation sites excluding steroid dienone is 2. The molecule has 0 bridgehead atoms. The number of aliphatic imine (C=N–C) groups is 1. The van der Waals surface area contributed by atoms with Crippen molar-refractivity contribution < 1.29 is 14.3 Å². The van der Waals surface area contributed by atoms with Gasteiger partial charge in [0.25, 0.3) is 5.91 Å². The summed E-state index contributed by atoms with van der Waals surface area (Å²) in [6, 6.07) is 9.83. The second-order valence-corrected chi connectivity index (χ2v) is 9.67. The molecule has 0 aromatic heterocycles. The Bertz CT molecular complexity index is 1360. The third kappa shape index (κ3) is 5.14. The molecule has 2 heterocycles. The summed E-state index contributed by atoms with van der Waals surface area (Å²) in [5.41, 5.74) is 5.85. The van der Waals surface area contributed by atoms with Crippen LogP contribution in [-0.4, -0.2) is 38.0 Å². The summed E-state index contributed by atoms with van der Waals surface area (Å²) in [4.78, 5) is 34.0. The summed E-state index contributed by atoms with van der Waals surface area (Å²) in [6.07, 6.45) is 9.24. The van der Waals surface area contributed by atoms with Crippen LogP contribution in [0.3, 0.4) is 0 Å². The number of benzene rings is 2. The monoisotopic (exact) mass is 512 g/mol. The quantitative estimate of drug-likeness (QED) is 0.209. The molecule has 1 saturated heterocycles. The zero-order valence-electron chi connectivity index (χ0n) is 22.9. The molecule has 0 spiro atoms. The Hall–Kier alpha value is -4.13. The smallest absolute Gasteiger partial charge is 0.256 e. The van der Waals surface area contributed by atoms with Gasteiger partial charge in [0, 0.05) is 44.2 Å². The van der Waals surface area contributed by atoms with Crippen LogP contribution in [0.15, 0.2) is 71.5 Å². The fourth-order valence-electron chi connectivity index (χ4n) is 5.38. The maximum absolute atomic E-state index is 12.6. The number of ether oxygens (including phenoxy) is 1. The first kappa shape index (κ1) is 26.9. The zero-order chi connectivity index (χ0) is 27.4. The highest BCUT2D eigenvalue weighted by atomic mass is 16.5. The lowest BCUT2D eigenvalue weighted by molar-refractivity contribution is -0.121. The molecular formula is C31H36N4O3. The van der Waals surface area contributed by atoms with Crippen molar-refractivity contribution in [3.8, 4) is 11.5 Å². The van der Waals surface area contributed by atoms with Gasteiger partial charge in [-0.1, -0.05) is 36.9 Å². The molecule has 0 aliphatic carbocycles. The lowest BCUT2D eigenvalue weighted by Crippen LogP contribution is -2.37. The van der Waals surface area contributed by atoms with Gasteiger partial charge in [-0.2, -0.15) is 0 Å². The van der Waals surface area contributed by atoms with Crippen molar-refractivity contribution in [1.82, 2.24) is 5.32 Å². The molecule has 198 valence electrons.